The first kappa shape index (κ1) is 10.6. The van der Waals surface area contributed by atoms with Crippen LogP contribution in [0.15, 0.2) is 0 Å². The van der Waals surface area contributed by atoms with Gasteiger partial charge in [-0.1, -0.05) is 12.8 Å². The van der Waals surface area contributed by atoms with Crippen molar-refractivity contribution in [3.8, 4) is 0 Å². The zero-order chi connectivity index (χ0) is 6.74. The van der Waals surface area contributed by atoms with Gasteiger partial charge in [0.05, 0.1) is 0 Å². The fourth-order valence-corrected chi connectivity index (χ4v) is 1.05. The van der Waals surface area contributed by atoms with Gasteiger partial charge in [0, 0.05) is 13.2 Å². The molecule has 1 saturated heterocycles. The quantitative estimate of drug-likeness (QED) is 0.324. The molecule has 10 heavy (non-hydrogen) atoms. The van der Waals surface area contributed by atoms with Gasteiger partial charge in [0.1, 0.15) is 0 Å². The van der Waals surface area contributed by atoms with E-state index < -0.39 is 0 Å². The van der Waals surface area contributed by atoms with Crippen LogP contribution in [0.4, 0.5) is 0 Å². The van der Waals surface area contributed by atoms with Gasteiger partial charge < -0.3 is 18.6 Å². The van der Waals surface area contributed by atoms with E-state index in [4.69, 9.17) is 4.74 Å². The van der Waals surface area contributed by atoms with Crippen LogP contribution in [0.2, 0.25) is 0 Å². The maximum Gasteiger partial charge on any atom is 1.00 e. The minimum absolute atomic E-state index is 0. The van der Waals surface area contributed by atoms with Gasteiger partial charge in [0.15, 0.2) is 0 Å². The molecule has 0 radical (unpaired) electrons. The summed E-state index contributed by atoms with van der Waals surface area (Å²) in [6, 6.07) is 0. The minimum Gasteiger partial charge on any atom is -0.382 e. The Balaban J connectivity index is 0.000000810. The topological polar surface area (TPSA) is 9.23 Å². The number of ether oxygens (including phenoxy) is 1. The van der Waals surface area contributed by atoms with Gasteiger partial charge in [0.25, 0.3) is 0 Å². The van der Waals surface area contributed by atoms with Crippen LogP contribution in [0, 0.1) is 19.3 Å². The molecule has 0 amide bonds. The Kier molecular flexibility index (Phi) is 4.69. The fraction of sp³-hybridized carbons (Fsp3) is 0.750. The summed E-state index contributed by atoms with van der Waals surface area (Å²) >= 11 is 0. The third-order valence-corrected chi connectivity index (χ3v) is 2.08. The van der Waals surface area contributed by atoms with E-state index in [1.54, 1.807) is 0 Å². The predicted molar refractivity (Wildman–Crippen MR) is 37.8 cm³/mol. The zero-order valence-electron chi connectivity index (χ0n) is 6.86. The summed E-state index contributed by atoms with van der Waals surface area (Å²) < 4.78 is 5.20. The van der Waals surface area contributed by atoms with Crippen LogP contribution in [0.3, 0.4) is 0 Å². The van der Waals surface area contributed by atoms with Crippen LogP contribution >= 0.6 is 0 Å². The van der Waals surface area contributed by atoms with Crippen molar-refractivity contribution in [3.63, 3.8) is 0 Å². The summed E-state index contributed by atoms with van der Waals surface area (Å²) in [7, 11) is 0. The van der Waals surface area contributed by atoms with E-state index in [-0.39, 0.29) is 24.3 Å². The first-order chi connectivity index (χ1) is 4.27. The molecular formula is C8H14LiO-. The number of hydrogen-bond donors (Lipinski definition) is 0. The third kappa shape index (κ3) is 2.66. The van der Waals surface area contributed by atoms with Gasteiger partial charge in [-0.2, -0.15) is 5.41 Å². The van der Waals surface area contributed by atoms with E-state index in [0.29, 0.717) is 0 Å². The Bertz CT molecular complexity index is 87.3. The van der Waals surface area contributed by atoms with E-state index in [1.165, 1.54) is 0 Å². The van der Waals surface area contributed by atoms with E-state index in [0.717, 1.165) is 32.5 Å². The van der Waals surface area contributed by atoms with Crippen LogP contribution in [-0.2, 0) is 4.74 Å². The van der Waals surface area contributed by atoms with Crippen LogP contribution in [0.25, 0.3) is 0 Å². The second-order valence-corrected chi connectivity index (χ2v) is 2.86. The van der Waals surface area contributed by atoms with Gasteiger partial charge >= 0.3 is 18.9 Å². The van der Waals surface area contributed by atoms with Crippen LogP contribution in [-0.4, -0.2) is 13.2 Å². The van der Waals surface area contributed by atoms with Crippen molar-refractivity contribution >= 4 is 0 Å². The zero-order valence-corrected chi connectivity index (χ0v) is 6.86. The largest absolute Gasteiger partial charge is 1.00 e. The molecule has 1 fully saturated rings. The molecule has 0 aliphatic carbocycles. The van der Waals surface area contributed by atoms with E-state index in [1.807, 2.05) is 0 Å². The molecule has 0 saturated carbocycles. The first-order valence-corrected chi connectivity index (χ1v) is 3.49. The van der Waals surface area contributed by atoms with Crippen molar-refractivity contribution in [1.29, 1.82) is 0 Å². The summed E-state index contributed by atoms with van der Waals surface area (Å²) in [6.45, 7) is 9.72. The van der Waals surface area contributed by atoms with Crippen molar-refractivity contribution < 1.29 is 23.6 Å². The molecule has 0 bridgehead atoms. The summed E-state index contributed by atoms with van der Waals surface area (Å²) in [4.78, 5) is 0. The summed E-state index contributed by atoms with van der Waals surface area (Å²) in [6.07, 6.45) is 3.10. The maximum atomic E-state index is 5.20. The summed E-state index contributed by atoms with van der Waals surface area (Å²) in [5.74, 6) is 0. The number of hydrogen-bond acceptors (Lipinski definition) is 1. The summed E-state index contributed by atoms with van der Waals surface area (Å²) in [5.41, 5.74) is 0.234. The van der Waals surface area contributed by atoms with Crippen molar-refractivity contribution in [2.45, 2.75) is 19.3 Å². The molecule has 1 aliphatic rings. The van der Waals surface area contributed by atoms with Gasteiger partial charge in [-0.15, -0.1) is 0 Å². The molecular weight excluding hydrogens is 119 g/mol. The van der Waals surface area contributed by atoms with E-state index in [2.05, 4.69) is 13.8 Å². The van der Waals surface area contributed by atoms with Crippen LogP contribution in [0.5, 0.6) is 0 Å². The fourth-order valence-electron chi connectivity index (χ4n) is 1.05. The average Bonchev–Trinajstić information content (AvgIpc) is 1.90. The normalized spacial score (nSPS) is 23.4. The molecule has 0 aromatic carbocycles. The number of rotatable bonds is 1. The molecule has 1 heterocycles. The van der Waals surface area contributed by atoms with Crippen molar-refractivity contribution in [2.75, 3.05) is 13.2 Å². The second-order valence-electron chi connectivity index (χ2n) is 2.86. The SMILES string of the molecule is [CH2-]CC1([CH2-])CCOCC1.[Li+]. The molecule has 2 heteroatoms. The second kappa shape index (κ2) is 4.44. The summed E-state index contributed by atoms with van der Waals surface area (Å²) in [5, 5.41) is 0. The molecule has 0 atom stereocenters. The minimum atomic E-state index is 0. The first-order valence-electron chi connectivity index (χ1n) is 3.49. The van der Waals surface area contributed by atoms with Gasteiger partial charge in [0.2, 0.25) is 0 Å². The van der Waals surface area contributed by atoms with Crippen molar-refractivity contribution in [1.82, 2.24) is 0 Å². The predicted octanol–water partition coefficient (Wildman–Crippen LogP) is -1.15. The van der Waals surface area contributed by atoms with Gasteiger partial charge in [-0.3, -0.25) is 0 Å². The molecule has 0 aromatic heterocycles. The molecule has 1 rings (SSSR count). The molecule has 0 aromatic rings. The maximum absolute atomic E-state index is 5.20. The molecule has 0 unspecified atom stereocenters. The molecule has 1 aliphatic heterocycles. The Morgan fingerprint density at radius 3 is 2.10 bits per heavy atom. The van der Waals surface area contributed by atoms with Gasteiger partial charge in [-0.25, -0.2) is 6.42 Å². The average molecular weight is 133 g/mol. The smallest absolute Gasteiger partial charge is 0.382 e. The monoisotopic (exact) mass is 133 g/mol. The van der Waals surface area contributed by atoms with E-state index in [9.17, 15) is 0 Å². The van der Waals surface area contributed by atoms with Crippen molar-refractivity contribution in [3.05, 3.63) is 13.8 Å². The van der Waals surface area contributed by atoms with Crippen LogP contribution in [0.1, 0.15) is 19.3 Å². The van der Waals surface area contributed by atoms with Gasteiger partial charge in [-0.05, 0) is 0 Å². The van der Waals surface area contributed by atoms with Crippen LogP contribution < -0.4 is 18.9 Å². The van der Waals surface area contributed by atoms with Crippen molar-refractivity contribution in [2.24, 2.45) is 5.41 Å². The Morgan fingerprint density at radius 2 is 1.80 bits per heavy atom. The Morgan fingerprint density at radius 1 is 1.30 bits per heavy atom. The molecule has 54 valence electrons. The molecule has 0 N–H and O–H groups in total. The standard InChI is InChI=1S/C8H14O.Li/c1-3-8(2)4-6-9-7-5-8;/h1-7H2;/q-2;+1. The van der Waals surface area contributed by atoms with E-state index >= 15 is 0 Å². The Labute approximate surface area is 75.7 Å². The Hall–Kier alpha value is 0.557. The molecule has 1 nitrogen and oxygen atoms in total. The molecule has 0 spiro atoms. The third-order valence-electron chi connectivity index (χ3n) is 2.08.